The number of likely N-dealkylation sites (tertiary alicyclic amines) is 1. The Kier molecular flexibility index (Phi) is 5.61. The zero-order valence-corrected chi connectivity index (χ0v) is 11.2. The van der Waals surface area contributed by atoms with Gasteiger partial charge in [0.1, 0.15) is 6.61 Å². The van der Waals surface area contributed by atoms with Crippen LogP contribution < -0.4 is 0 Å². The Morgan fingerprint density at radius 2 is 2.05 bits per heavy atom. The summed E-state index contributed by atoms with van der Waals surface area (Å²) < 4.78 is 4.99. The third-order valence-electron chi connectivity index (χ3n) is 3.84. The number of nitriles is 1. The van der Waals surface area contributed by atoms with Crippen molar-refractivity contribution in [2.24, 2.45) is 5.41 Å². The molecule has 0 aliphatic carbocycles. The zero-order chi connectivity index (χ0) is 14.3. The highest BCUT2D eigenvalue weighted by Gasteiger charge is 2.36. The lowest BCUT2D eigenvalue weighted by Gasteiger charge is -2.39. The van der Waals surface area contributed by atoms with Gasteiger partial charge in [-0.1, -0.05) is 6.92 Å². The maximum Gasteiger partial charge on any atom is 0.407 e. The smallest absolute Gasteiger partial charge is 0.407 e. The third-order valence-corrected chi connectivity index (χ3v) is 3.84. The summed E-state index contributed by atoms with van der Waals surface area (Å²) in [4.78, 5) is 23.9. The van der Waals surface area contributed by atoms with Crippen LogP contribution in [0.15, 0.2) is 0 Å². The summed E-state index contributed by atoms with van der Waals surface area (Å²) in [5.74, 6) is -0.291. The number of piperidine rings is 1. The molecule has 0 aromatic heterocycles. The van der Waals surface area contributed by atoms with Crippen molar-refractivity contribution in [2.75, 3.05) is 19.7 Å². The predicted molar refractivity (Wildman–Crippen MR) is 67.4 cm³/mol. The summed E-state index contributed by atoms with van der Waals surface area (Å²) in [6, 6.07) is 1.92. The lowest BCUT2D eigenvalue weighted by molar-refractivity contribution is -0.147. The summed E-state index contributed by atoms with van der Waals surface area (Å²) in [6.45, 7) is 3.08. The molecule has 6 nitrogen and oxygen atoms in total. The molecule has 106 valence electrons. The van der Waals surface area contributed by atoms with Crippen LogP contribution in [0.1, 0.15) is 39.0 Å². The van der Waals surface area contributed by atoms with Crippen LogP contribution in [0.4, 0.5) is 4.79 Å². The second-order valence-corrected chi connectivity index (χ2v) is 4.93. The number of amides is 1. The van der Waals surface area contributed by atoms with E-state index in [0.29, 0.717) is 32.4 Å². The normalized spacial score (nSPS) is 17.6. The van der Waals surface area contributed by atoms with Crippen molar-refractivity contribution >= 4 is 12.1 Å². The summed E-state index contributed by atoms with van der Waals surface area (Å²) in [5.41, 5.74) is -0.157. The Morgan fingerprint density at radius 3 is 2.53 bits per heavy atom. The molecule has 0 spiro atoms. The molecule has 1 N–H and O–H groups in total. The van der Waals surface area contributed by atoms with Gasteiger partial charge in [0.2, 0.25) is 0 Å². The molecular weight excluding hydrogens is 248 g/mol. The van der Waals surface area contributed by atoms with E-state index in [0.717, 1.165) is 6.42 Å². The van der Waals surface area contributed by atoms with E-state index in [2.05, 4.69) is 0 Å². The molecule has 1 saturated heterocycles. The van der Waals surface area contributed by atoms with E-state index >= 15 is 0 Å². The number of carbonyl (C=O) groups excluding carboxylic acids is 1. The van der Waals surface area contributed by atoms with Gasteiger partial charge in [0, 0.05) is 13.1 Å². The van der Waals surface area contributed by atoms with Crippen molar-refractivity contribution in [2.45, 2.75) is 39.0 Å². The number of carboxylic acid groups (broad SMARTS) is 1. The quantitative estimate of drug-likeness (QED) is 0.608. The van der Waals surface area contributed by atoms with E-state index < -0.39 is 6.09 Å². The summed E-state index contributed by atoms with van der Waals surface area (Å²) in [6.07, 6.45) is 1.81. The minimum Gasteiger partial charge on any atom is -0.465 e. The molecule has 1 rings (SSSR count). The molecule has 0 aromatic rings. The van der Waals surface area contributed by atoms with Crippen LogP contribution in [-0.2, 0) is 9.53 Å². The fraction of sp³-hybridized carbons (Fsp3) is 0.769. The number of hydrogen-bond acceptors (Lipinski definition) is 4. The topological polar surface area (TPSA) is 90.6 Å². The van der Waals surface area contributed by atoms with Gasteiger partial charge in [-0.05, 0) is 24.7 Å². The molecule has 0 atom stereocenters. The summed E-state index contributed by atoms with van der Waals surface area (Å²) in [5, 5.41) is 17.3. The maximum atomic E-state index is 11.7. The highest BCUT2D eigenvalue weighted by Crippen LogP contribution is 2.38. The monoisotopic (exact) mass is 268 g/mol. The first-order valence-electron chi connectivity index (χ1n) is 6.53. The Labute approximate surface area is 112 Å². The summed E-state index contributed by atoms with van der Waals surface area (Å²) in [7, 11) is 0. The van der Waals surface area contributed by atoms with Crippen LogP contribution in [0.2, 0.25) is 0 Å². The van der Waals surface area contributed by atoms with Crippen LogP contribution in [0.3, 0.4) is 0 Å². The lowest BCUT2D eigenvalue weighted by atomic mass is 9.73. The second-order valence-electron chi connectivity index (χ2n) is 4.93. The Bertz CT molecular complexity index is 367. The molecule has 1 aliphatic heterocycles. The van der Waals surface area contributed by atoms with Crippen LogP contribution in [-0.4, -0.2) is 41.8 Å². The van der Waals surface area contributed by atoms with E-state index in [1.807, 2.05) is 13.0 Å². The number of carbonyl (C=O) groups is 2. The van der Waals surface area contributed by atoms with Crippen molar-refractivity contribution in [3.8, 4) is 6.07 Å². The second kappa shape index (κ2) is 6.98. The van der Waals surface area contributed by atoms with E-state index in [9.17, 15) is 9.59 Å². The van der Waals surface area contributed by atoms with Gasteiger partial charge in [-0.3, -0.25) is 4.79 Å². The first-order valence-corrected chi connectivity index (χ1v) is 6.53. The van der Waals surface area contributed by atoms with Crippen LogP contribution >= 0.6 is 0 Å². The van der Waals surface area contributed by atoms with Gasteiger partial charge in [-0.25, -0.2) is 4.79 Å². The molecule has 1 amide bonds. The molecule has 0 bridgehead atoms. The molecule has 0 radical (unpaired) electrons. The predicted octanol–water partition coefficient (Wildman–Crippen LogP) is 2.00. The van der Waals surface area contributed by atoms with Gasteiger partial charge in [-0.15, -0.1) is 0 Å². The molecule has 1 heterocycles. The molecule has 0 aromatic carbocycles. The number of rotatable bonds is 5. The fourth-order valence-corrected chi connectivity index (χ4v) is 2.40. The number of ether oxygens (including phenoxy) is 1. The molecule has 6 heteroatoms. The Morgan fingerprint density at radius 1 is 1.42 bits per heavy atom. The summed E-state index contributed by atoms with van der Waals surface area (Å²) >= 11 is 0. The van der Waals surface area contributed by atoms with Crippen LogP contribution in [0, 0.1) is 16.7 Å². The third kappa shape index (κ3) is 4.43. The molecule has 0 unspecified atom stereocenters. The molecule has 1 aliphatic rings. The highest BCUT2D eigenvalue weighted by atomic mass is 16.5. The highest BCUT2D eigenvalue weighted by molar-refractivity contribution is 5.70. The zero-order valence-electron chi connectivity index (χ0n) is 11.2. The lowest BCUT2D eigenvalue weighted by Crippen LogP contribution is -2.43. The Balaban J connectivity index is 2.47. The molecule has 1 fully saturated rings. The van der Waals surface area contributed by atoms with Crippen molar-refractivity contribution in [3.05, 3.63) is 0 Å². The fourth-order valence-electron chi connectivity index (χ4n) is 2.40. The minimum atomic E-state index is -0.902. The largest absolute Gasteiger partial charge is 0.465 e. The maximum absolute atomic E-state index is 11.7. The first kappa shape index (κ1) is 15.3. The average molecular weight is 268 g/mol. The van der Waals surface area contributed by atoms with Crippen molar-refractivity contribution in [3.63, 3.8) is 0 Å². The van der Waals surface area contributed by atoms with Gasteiger partial charge in [0.15, 0.2) is 0 Å². The van der Waals surface area contributed by atoms with Gasteiger partial charge >= 0.3 is 12.1 Å². The molecule has 19 heavy (non-hydrogen) atoms. The van der Waals surface area contributed by atoms with Crippen LogP contribution in [0.5, 0.6) is 0 Å². The van der Waals surface area contributed by atoms with E-state index in [-0.39, 0.29) is 24.4 Å². The van der Waals surface area contributed by atoms with E-state index in [1.165, 1.54) is 4.90 Å². The van der Waals surface area contributed by atoms with Gasteiger partial charge in [-0.2, -0.15) is 5.26 Å². The van der Waals surface area contributed by atoms with E-state index in [4.69, 9.17) is 15.1 Å². The van der Waals surface area contributed by atoms with Crippen LogP contribution in [0.25, 0.3) is 0 Å². The molecule has 0 saturated carbocycles. The minimum absolute atomic E-state index is 0.135. The van der Waals surface area contributed by atoms with Gasteiger partial charge < -0.3 is 14.7 Å². The standard InChI is InChI=1S/C13H20N2O4/c1-2-13(10-11(16)19-9-3-6-14)4-7-15(8-5-13)12(17)18/h2-5,7-10H2,1H3,(H,17,18). The SMILES string of the molecule is CCC1(CC(=O)OCCC#N)CCN(C(=O)O)CC1. The number of esters is 1. The molecular formula is C13H20N2O4. The number of nitrogens with zero attached hydrogens (tertiary/aromatic N) is 2. The van der Waals surface area contributed by atoms with Gasteiger partial charge in [0.05, 0.1) is 18.9 Å². The van der Waals surface area contributed by atoms with Crippen molar-refractivity contribution in [1.82, 2.24) is 4.90 Å². The Hall–Kier alpha value is -1.77. The average Bonchev–Trinajstić information content (AvgIpc) is 2.39. The van der Waals surface area contributed by atoms with Crippen molar-refractivity contribution in [1.29, 1.82) is 5.26 Å². The first-order chi connectivity index (χ1) is 9.03. The number of hydrogen-bond donors (Lipinski definition) is 1. The van der Waals surface area contributed by atoms with Crippen molar-refractivity contribution < 1.29 is 19.4 Å². The van der Waals surface area contributed by atoms with Gasteiger partial charge in [0.25, 0.3) is 0 Å². The van der Waals surface area contributed by atoms with E-state index in [1.54, 1.807) is 0 Å².